The van der Waals surface area contributed by atoms with Gasteiger partial charge in [0.1, 0.15) is 0 Å². The molecule has 3 N–H and O–H groups in total. The normalized spacial score (nSPS) is 20.5. The number of aliphatic hydroxyl groups is 1. The van der Waals surface area contributed by atoms with Crippen molar-refractivity contribution in [2.24, 2.45) is 11.7 Å². The molecule has 94 valence electrons. The van der Waals surface area contributed by atoms with E-state index in [0.717, 1.165) is 27.4 Å². The van der Waals surface area contributed by atoms with Crippen LogP contribution in [0.2, 0.25) is 0 Å². The van der Waals surface area contributed by atoms with Crippen LogP contribution < -0.4 is 5.73 Å². The van der Waals surface area contributed by atoms with E-state index in [1.54, 1.807) is 0 Å². The van der Waals surface area contributed by atoms with Crippen molar-refractivity contribution in [2.45, 2.75) is 37.8 Å². The minimum absolute atomic E-state index is 0.315. The SMILES string of the molecule is N[C@@H](c1cc(Br)ccc1Br)[C@H](O)C1CCCC1. The number of aliphatic hydroxyl groups excluding tert-OH is 1. The van der Waals surface area contributed by atoms with Gasteiger partial charge in [-0.25, -0.2) is 0 Å². The topological polar surface area (TPSA) is 46.2 Å². The minimum atomic E-state index is -0.442. The van der Waals surface area contributed by atoms with Crippen LogP contribution in [0, 0.1) is 5.92 Å². The summed E-state index contributed by atoms with van der Waals surface area (Å²) in [7, 11) is 0. The summed E-state index contributed by atoms with van der Waals surface area (Å²) in [6.45, 7) is 0. The van der Waals surface area contributed by atoms with E-state index in [1.165, 1.54) is 12.8 Å². The first-order valence-corrected chi connectivity index (χ1v) is 7.57. The molecule has 1 saturated carbocycles. The zero-order valence-electron chi connectivity index (χ0n) is 9.57. The van der Waals surface area contributed by atoms with Crippen LogP contribution in [0.15, 0.2) is 27.1 Å². The fourth-order valence-electron chi connectivity index (χ4n) is 2.55. The molecule has 1 fully saturated rings. The van der Waals surface area contributed by atoms with Gasteiger partial charge in [-0.1, -0.05) is 44.7 Å². The maximum Gasteiger partial charge on any atom is 0.0761 e. The van der Waals surface area contributed by atoms with Crippen molar-refractivity contribution < 1.29 is 5.11 Å². The highest BCUT2D eigenvalue weighted by Crippen LogP contribution is 2.35. The van der Waals surface area contributed by atoms with Crippen molar-refractivity contribution in [1.82, 2.24) is 0 Å². The van der Waals surface area contributed by atoms with Gasteiger partial charge in [0, 0.05) is 8.95 Å². The summed E-state index contributed by atoms with van der Waals surface area (Å²) in [6.07, 6.45) is 4.19. The predicted molar refractivity (Wildman–Crippen MR) is 76.7 cm³/mol. The molecule has 0 unspecified atom stereocenters. The Morgan fingerprint density at radius 3 is 2.53 bits per heavy atom. The third kappa shape index (κ3) is 3.11. The van der Waals surface area contributed by atoms with Crippen molar-refractivity contribution in [3.63, 3.8) is 0 Å². The fraction of sp³-hybridized carbons (Fsp3) is 0.538. The first-order chi connectivity index (χ1) is 8.09. The van der Waals surface area contributed by atoms with Gasteiger partial charge in [-0.2, -0.15) is 0 Å². The van der Waals surface area contributed by atoms with Gasteiger partial charge in [0.15, 0.2) is 0 Å². The quantitative estimate of drug-likeness (QED) is 0.859. The zero-order chi connectivity index (χ0) is 12.4. The molecular weight excluding hydrogens is 346 g/mol. The highest BCUT2D eigenvalue weighted by Gasteiger charge is 2.29. The Labute approximate surface area is 119 Å². The Morgan fingerprint density at radius 1 is 1.24 bits per heavy atom. The highest BCUT2D eigenvalue weighted by atomic mass is 79.9. The number of hydrogen-bond donors (Lipinski definition) is 2. The molecule has 4 heteroatoms. The molecule has 0 aliphatic heterocycles. The molecule has 1 aliphatic carbocycles. The summed E-state index contributed by atoms with van der Waals surface area (Å²) >= 11 is 6.94. The molecule has 0 amide bonds. The molecule has 0 radical (unpaired) electrons. The van der Waals surface area contributed by atoms with Crippen LogP contribution in [0.3, 0.4) is 0 Å². The monoisotopic (exact) mass is 361 g/mol. The summed E-state index contributed by atoms with van der Waals surface area (Å²) in [6, 6.07) is 5.58. The Hall–Kier alpha value is 0.1000. The maximum absolute atomic E-state index is 10.3. The number of benzene rings is 1. The minimum Gasteiger partial charge on any atom is -0.391 e. The molecule has 0 bridgehead atoms. The van der Waals surface area contributed by atoms with E-state index in [2.05, 4.69) is 31.9 Å². The third-order valence-corrected chi connectivity index (χ3v) is 4.78. The van der Waals surface area contributed by atoms with Gasteiger partial charge in [0.25, 0.3) is 0 Å². The summed E-state index contributed by atoms with van der Waals surface area (Å²) in [5.41, 5.74) is 7.16. The van der Waals surface area contributed by atoms with Crippen LogP contribution in [0.5, 0.6) is 0 Å². The second kappa shape index (κ2) is 5.83. The van der Waals surface area contributed by atoms with Crippen LogP contribution in [0.1, 0.15) is 37.3 Å². The molecule has 2 rings (SSSR count). The Morgan fingerprint density at radius 2 is 1.88 bits per heavy atom. The molecule has 1 aliphatic rings. The summed E-state index contributed by atoms with van der Waals surface area (Å²) in [5.74, 6) is 0.357. The maximum atomic E-state index is 10.3. The molecule has 0 saturated heterocycles. The molecule has 0 heterocycles. The van der Waals surface area contributed by atoms with Gasteiger partial charge >= 0.3 is 0 Å². The second-order valence-corrected chi connectivity index (χ2v) is 6.50. The van der Waals surface area contributed by atoms with E-state index in [1.807, 2.05) is 18.2 Å². The van der Waals surface area contributed by atoms with Crippen LogP contribution in [-0.4, -0.2) is 11.2 Å². The van der Waals surface area contributed by atoms with Gasteiger partial charge in [0.05, 0.1) is 12.1 Å². The molecule has 1 aromatic carbocycles. The van der Waals surface area contributed by atoms with Crippen molar-refractivity contribution in [3.8, 4) is 0 Å². The van der Waals surface area contributed by atoms with Gasteiger partial charge < -0.3 is 10.8 Å². The molecule has 0 spiro atoms. The van der Waals surface area contributed by atoms with Crippen molar-refractivity contribution in [1.29, 1.82) is 0 Å². The molecular formula is C13H17Br2NO. The Balaban J connectivity index is 2.17. The Bertz CT molecular complexity index is 391. The lowest BCUT2D eigenvalue weighted by Gasteiger charge is -2.25. The number of hydrogen-bond acceptors (Lipinski definition) is 2. The largest absolute Gasteiger partial charge is 0.391 e. The van der Waals surface area contributed by atoms with E-state index in [9.17, 15) is 5.11 Å². The van der Waals surface area contributed by atoms with E-state index in [4.69, 9.17) is 5.73 Å². The Kier molecular flexibility index (Phi) is 4.64. The first kappa shape index (κ1) is 13.5. The molecule has 2 nitrogen and oxygen atoms in total. The number of nitrogens with two attached hydrogens (primary N) is 1. The van der Waals surface area contributed by atoms with E-state index in [0.29, 0.717) is 5.92 Å². The molecule has 0 aromatic heterocycles. The molecule has 2 atom stereocenters. The van der Waals surface area contributed by atoms with E-state index in [-0.39, 0.29) is 6.04 Å². The zero-order valence-corrected chi connectivity index (χ0v) is 12.7. The van der Waals surface area contributed by atoms with Gasteiger partial charge in [0.2, 0.25) is 0 Å². The highest BCUT2D eigenvalue weighted by molar-refractivity contribution is 9.11. The van der Waals surface area contributed by atoms with E-state index >= 15 is 0 Å². The van der Waals surface area contributed by atoms with Crippen molar-refractivity contribution in [3.05, 3.63) is 32.7 Å². The number of halogens is 2. The average Bonchev–Trinajstić information content (AvgIpc) is 2.84. The molecule has 17 heavy (non-hydrogen) atoms. The summed E-state index contributed by atoms with van der Waals surface area (Å²) in [4.78, 5) is 0. The van der Waals surface area contributed by atoms with Crippen LogP contribution >= 0.6 is 31.9 Å². The third-order valence-electron chi connectivity index (χ3n) is 3.57. The lowest BCUT2D eigenvalue weighted by molar-refractivity contribution is 0.0842. The van der Waals surface area contributed by atoms with Crippen molar-refractivity contribution in [2.75, 3.05) is 0 Å². The first-order valence-electron chi connectivity index (χ1n) is 5.98. The van der Waals surface area contributed by atoms with Crippen LogP contribution in [0.4, 0.5) is 0 Å². The number of rotatable bonds is 3. The van der Waals surface area contributed by atoms with Gasteiger partial charge in [-0.3, -0.25) is 0 Å². The lowest BCUT2D eigenvalue weighted by atomic mass is 9.91. The van der Waals surface area contributed by atoms with Gasteiger partial charge in [-0.15, -0.1) is 0 Å². The van der Waals surface area contributed by atoms with E-state index < -0.39 is 6.10 Å². The smallest absolute Gasteiger partial charge is 0.0761 e. The predicted octanol–water partition coefficient (Wildman–Crippen LogP) is 3.76. The summed E-state index contributed by atoms with van der Waals surface area (Å²) < 4.78 is 1.95. The van der Waals surface area contributed by atoms with Crippen LogP contribution in [-0.2, 0) is 0 Å². The van der Waals surface area contributed by atoms with Crippen molar-refractivity contribution >= 4 is 31.9 Å². The van der Waals surface area contributed by atoms with Crippen LogP contribution in [0.25, 0.3) is 0 Å². The second-order valence-electron chi connectivity index (χ2n) is 4.73. The molecule has 1 aromatic rings. The standard InChI is InChI=1S/C13H17Br2NO/c14-9-5-6-11(15)10(7-9)12(16)13(17)8-3-1-2-4-8/h5-8,12-13,17H,1-4,16H2/t12-,13+/m0/s1. The average molecular weight is 363 g/mol. The summed E-state index contributed by atoms with van der Waals surface area (Å²) in [5, 5.41) is 10.3. The lowest BCUT2D eigenvalue weighted by Crippen LogP contribution is -2.32. The fourth-order valence-corrected chi connectivity index (χ4v) is 3.44. The van der Waals surface area contributed by atoms with Gasteiger partial charge in [-0.05, 0) is 42.5 Å².